The maximum Gasteiger partial charge on any atom is 0.0438 e. The van der Waals surface area contributed by atoms with E-state index in [-0.39, 0.29) is 0 Å². The van der Waals surface area contributed by atoms with Gasteiger partial charge in [0, 0.05) is 30.9 Å². The average Bonchev–Trinajstić information content (AvgIpc) is 2.37. The van der Waals surface area contributed by atoms with Crippen molar-refractivity contribution in [1.29, 1.82) is 0 Å². The molecular weight excluding hydrogens is 244 g/mol. The van der Waals surface area contributed by atoms with E-state index in [4.69, 9.17) is 0 Å². The quantitative estimate of drug-likeness (QED) is 0.881. The highest BCUT2D eigenvalue weighted by Gasteiger charge is 2.35. The van der Waals surface area contributed by atoms with Crippen LogP contribution in [0.2, 0.25) is 0 Å². The zero-order chi connectivity index (χ0) is 14.9. The summed E-state index contributed by atoms with van der Waals surface area (Å²) in [5.41, 5.74) is 2.99. The zero-order valence-electron chi connectivity index (χ0n) is 13.9. The summed E-state index contributed by atoms with van der Waals surface area (Å²) in [4.78, 5) is 2.61. The second kappa shape index (κ2) is 5.77. The summed E-state index contributed by atoms with van der Waals surface area (Å²) >= 11 is 0. The molecule has 0 amide bonds. The summed E-state index contributed by atoms with van der Waals surface area (Å²) in [5.74, 6) is 0.657. The van der Waals surface area contributed by atoms with Crippen molar-refractivity contribution in [2.75, 3.05) is 18.0 Å². The van der Waals surface area contributed by atoms with Crippen molar-refractivity contribution >= 4 is 5.69 Å². The first-order valence-corrected chi connectivity index (χ1v) is 7.85. The van der Waals surface area contributed by atoms with Crippen LogP contribution in [-0.2, 0) is 0 Å². The van der Waals surface area contributed by atoms with Gasteiger partial charge in [0.2, 0.25) is 0 Å². The Morgan fingerprint density at radius 1 is 1.15 bits per heavy atom. The highest BCUT2D eigenvalue weighted by Crippen LogP contribution is 2.29. The van der Waals surface area contributed by atoms with Gasteiger partial charge in [-0.15, -0.1) is 0 Å². The average molecular weight is 274 g/mol. The van der Waals surface area contributed by atoms with Crippen LogP contribution in [0.15, 0.2) is 24.3 Å². The summed E-state index contributed by atoms with van der Waals surface area (Å²) in [7, 11) is 0. The lowest BCUT2D eigenvalue weighted by atomic mass is 9.83. The molecule has 1 fully saturated rings. The number of hydrogen-bond donors (Lipinski definition) is 1. The molecule has 112 valence electrons. The molecule has 0 saturated carbocycles. The predicted molar refractivity (Wildman–Crippen MR) is 88.4 cm³/mol. The summed E-state index contributed by atoms with van der Waals surface area (Å²) in [6, 6.07) is 10.1. The molecule has 0 radical (unpaired) electrons. The van der Waals surface area contributed by atoms with Gasteiger partial charge >= 0.3 is 0 Å². The van der Waals surface area contributed by atoms with Gasteiger partial charge in [0.15, 0.2) is 0 Å². The van der Waals surface area contributed by atoms with Crippen LogP contribution in [0.1, 0.15) is 40.2 Å². The smallest absolute Gasteiger partial charge is 0.0438 e. The van der Waals surface area contributed by atoms with Crippen molar-refractivity contribution in [1.82, 2.24) is 5.32 Å². The van der Waals surface area contributed by atoms with Crippen LogP contribution in [-0.4, -0.2) is 25.2 Å². The van der Waals surface area contributed by atoms with Crippen molar-refractivity contribution < 1.29 is 0 Å². The first kappa shape index (κ1) is 15.4. The highest BCUT2D eigenvalue weighted by molar-refractivity contribution is 5.49. The summed E-state index contributed by atoms with van der Waals surface area (Å²) in [6.07, 6.45) is 0. The van der Waals surface area contributed by atoms with Crippen LogP contribution >= 0.6 is 0 Å². The molecule has 2 atom stereocenters. The van der Waals surface area contributed by atoms with Crippen LogP contribution < -0.4 is 10.2 Å². The Morgan fingerprint density at radius 3 is 2.25 bits per heavy atom. The van der Waals surface area contributed by atoms with Gasteiger partial charge in [-0.05, 0) is 30.4 Å². The minimum atomic E-state index is 0.297. The van der Waals surface area contributed by atoms with Gasteiger partial charge < -0.3 is 10.2 Å². The predicted octanol–water partition coefficient (Wildman–Crippen LogP) is 3.84. The number of nitrogens with zero attached hydrogens (tertiary/aromatic N) is 1. The number of aryl methyl sites for hydroxylation is 1. The lowest BCUT2D eigenvalue weighted by molar-refractivity contribution is 0.221. The van der Waals surface area contributed by atoms with E-state index in [0.29, 0.717) is 23.4 Å². The van der Waals surface area contributed by atoms with E-state index in [1.54, 1.807) is 0 Å². The van der Waals surface area contributed by atoms with Crippen LogP contribution in [0.5, 0.6) is 0 Å². The minimum Gasteiger partial charge on any atom is -0.365 e. The van der Waals surface area contributed by atoms with E-state index in [2.05, 4.69) is 76.0 Å². The third-order valence-corrected chi connectivity index (χ3v) is 4.53. The van der Waals surface area contributed by atoms with Crippen LogP contribution in [0.3, 0.4) is 0 Å². The summed E-state index contributed by atoms with van der Waals surface area (Å²) in [5, 5.41) is 3.76. The molecule has 0 aliphatic carbocycles. The van der Waals surface area contributed by atoms with Crippen LogP contribution in [0.4, 0.5) is 5.69 Å². The molecule has 0 aromatic heterocycles. The molecule has 0 spiro atoms. The van der Waals surface area contributed by atoms with Crippen LogP contribution in [0, 0.1) is 18.3 Å². The molecule has 0 bridgehead atoms. The van der Waals surface area contributed by atoms with E-state index in [9.17, 15) is 0 Å². The Labute approximate surface area is 124 Å². The second-order valence-corrected chi connectivity index (χ2v) is 7.63. The van der Waals surface area contributed by atoms with Crippen molar-refractivity contribution in [3.8, 4) is 0 Å². The number of rotatable bonds is 2. The largest absolute Gasteiger partial charge is 0.365 e. The first-order chi connectivity index (χ1) is 9.29. The fraction of sp³-hybridized carbons (Fsp3) is 0.667. The Balaban J connectivity index is 2.25. The molecule has 2 nitrogen and oxygen atoms in total. The maximum absolute atomic E-state index is 3.76. The third kappa shape index (κ3) is 3.35. The topological polar surface area (TPSA) is 15.3 Å². The molecular formula is C18H30N2. The zero-order valence-corrected chi connectivity index (χ0v) is 13.9. The van der Waals surface area contributed by atoms with E-state index in [1.165, 1.54) is 11.3 Å². The first-order valence-electron chi connectivity index (χ1n) is 7.85. The standard InChI is InChI=1S/C18H30N2/c1-13(2)16-11-19-17(18(4,5)6)12-20(16)15-9-7-14(3)8-10-15/h7-10,13,16-17,19H,11-12H2,1-6H3. The molecule has 2 unspecified atom stereocenters. The Morgan fingerprint density at radius 2 is 1.75 bits per heavy atom. The van der Waals surface area contributed by atoms with Crippen molar-refractivity contribution in [2.45, 2.75) is 53.6 Å². The molecule has 1 heterocycles. The number of nitrogens with one attached hydrogen (secondary N) is 1. The Hall–Kier alpha value is -1.02. The van der Waals surface area contributed by atoms with E-state index < -0.39 is 0 Å². The lowest BCUT2D eigenvalue weighted by Gasteiger charge is -2.47. The van der Waals surface area contributed by atoms with Gasteiger partial charge in [0.25, 0.3) is 0 Å². The molecule has 1 aromatic carbocycles. The SMILES string of the molecule is Cc1ccc(N2CC(C(C)(C)C)NCC2C(C)C)cc1. The monoisotopic (exact) mass is 274 g/mol. The number of anilines is 1. The van der Waals surface area contributed by atoms with Crippen molar-refractivity contribution in [2.24, 2.45) is 11.3 Å². The van der Waals surface area contributed by atoms with Gasteiger partial charge in [-0.25, -0.2) is 0 Å². The van der Waals surface area contributed by atoms with Gasteiger partial charge in [-0.2, -0.15) is 0 Å². The van der Waals surface area contributed by atoms with Gasteiger partial charge in [0.1, 0.15) is 0 Å². The number of hydrogen-bond acceptors (Lipinski definition) is 2. The summed E-state index contributed by atoms with van der Waals surface area (Å²) < 4.78 is 0. The maximum atomic E-state index is 3.76. The van der Waals surface area contributed by atoms with E-state index in [0.717, 1.165) is 13.1 Å². The molecule has 1 N–H and O–H groups in total. The Kier molecular flexibility index (Phi) is 4.43. The van der Waals surface area contributed by atoms with Gasteiger partial charge in [-0.3, -0.25) is 0 Å². The van der Waals surface area contributed by atoms with Crippen molar-refractivity contribution in [3.63, 3.8) is 0 Å². The van der Waals surface area contributed by atoms with E-state index >= 15 is 0 Å². The number of piperazine rings is 1. The Bertz CT molecular complexity index is 428. The molecule has 2 rings (SSSR count). The minimum absolute atomic E-state index is 0.297. The fourth-order valence-electron chi connectivity index (χ4n) is 2.98. The lowest BCUT2D eigenvalue weighted by Crippen LogP contribution is -2.62. The normalized spacial score (nSPS) is 24.2. The molecule has 1 aliphatic heterocycles. The summed E-state index contributed by atoms with van der Waals surface area (Å²) in [6.45, 7) is 16.0. The molecule has 1 aliphatic rings. The van der Waals surface area contributed by atoms with Crippen molar-refractivity contribution in [3.05, 3.63) is 29.8 Å². The highest BCUT2D eigenvalue weighted by atomic mass is 15.2. The van der Waals surface area contributed by atoms with Gasteiger partial charge in [0.05, 0.1) is 0 Å². The molecule has 1 saturated heterocycles. The van der Waals surface area contributed by atoms with Gasteiger partial charge in [-0.1, -0.05) is 52.3 Å². The molecule has 1 aromatic rings. The van der Waals surface area contributed by atoms with Crippen LogP contribution in [0.25, 0.3) is 0 Å². The molecule has 20 heavy (non-hydrogen) atoms. The fourth-order valence-corrected chi connectivity index (χ4v) is 2.98. The second-order valence-electron chi connectivity index (χ2n) is 7.63. The molecule has 2 heteroatoms. The third-order valence-electron chi connectivity index (χ3n) is 4.53. The number of benzene rings is 1. The van der Waals surface area contributed by atoms with E-state index in [1.807, 2.05) is 0 Å².